The second-order valence-electron chi connectivity index (χ2n) is 5.65. The first-order chi connectivity index (χ1) is 11.9. The second-order valence-corrected chi connectivity index (χ2v) is 6.47. The van der Waals surface area contributed by atoms with Gasteiger partial charge < -0.3 is 5.32 Å². The minimum atomic E-state index is -0.293. The summed E-state index contributed by atoms with van der Waals surface area (Å²) in [6, 6.07) is 11.6. The fraction of sp³-hybridized carbons (Fsp3) is 0.167. The van der Waals surface area contributed by atoms with Crippen molar-refractivity contribution < 1.29 is 14.4 Å². The summed E-state index contributed by atoms with van der Waals surface area (Å²) in [5, 5.41) is 3.50. The van der Waals surface area contributed by atoms with Crippen LogP contribution in [0, 0.1) is 0 Å². The molecule has 1 saturated heterocycles. The van der Waals surface area contributed by atoms with Crippen LogP contribution in [0.15, 0.2) is 42.5 Å². The Kier molecular flexibility index (Phi) is 5.06. The maximum atomic E-state index is 12.3. The lowest BCUT2D eigenvalue weighted by atomic mass is 10.1. The third-order valence-corrected chi connectivity index (χ3v) is 4.63. The molecule has 25 heavy (non-hydrogen) atoms. The molecule has 0 spiro atoms. The third kappa shape index (κ3) is 4.00. The van der Waals surface area contributed by atoms with Gasteiger partial charge in [0.05, 0.1) is 16.6 Å². The van der Waals surface area contributed by atoms with Gasteiger partial charge in [-0.05, 0) is 35.9 Å². The lowest BCUT2D eigenvalue weighted by Gasteiger charge is -2.14. The number of likely N-dealkylation sites (tertiary alicyclic amines) is 1. The van der Waals surface area contributed by atoms with Crippen molar-refractivity contribution in [1.29, 1.82) is 0 Å². The van der Waals surface area contributed by atoms with E-state index in [1.165, 1.54) is 4.90 Å². The molecule has 0 saturated carbocycles. The number of hydrogen-bond acceptors (Lipinski definition) is 3. The number of hydrogen-bond donors (Lipinski definition) is 1. The Morgan fingerprint density at radius 2 is 1.60 bits per heavy atom. The number of benzene rings is 2. The highest BCUT2D eigenvalue weighted by molar-refractivity contribution is 6.42. The van der Waals surface area contributed by atoms with Crippen molar-refractivity contribution in [3.05, 3.63) is 63.6 Å². The van der Waals surface area contributed by atoms with E-state index in [1.807, 2.05) is 0 Å². The number of nitrogens with zero attached hydrogens (tertiary/aromatic N) is 1. The van der Waals surface area contributed by atoms with Gasteiger partial charge >= 0.3 is 0 Å². The summed E-state index contributed by atoms with van der Waals surface area (Å²) >= 11 is 11.8. The number of carbonyl (C=O) groups is 3. The summed E-state index contributed by atoms with van der Waals surface area (Å²) in [4.78, 5) is 36.8. The molecule has 0 atom stereocenters. The molecule has 1 aliphatic heterocycles. The first-order valence-corrected chi connectivity index (χ1v) is 8.38. The molecule has 1 aliphatic rings. The zero-order valence-electron chi connectivity index (χ0n) is 13.1. The van der Waals surface area contributed by atoms with Gasteiger partial charge in [0.1, 0.15) is 0 Å². The quantitative estimate of drug-likeness (QED) is 0.822. The molecule has 3 rings (SSSR count). The second kappa shape index (κ2) is 7.25. The monoisotopic (exact) mass is 376 g/mol. The smallest absolute Gasteiger partial charge is 0.255 e. The van der Waals surface area contributed by atoms with Crippen molar-refractivity contribution in [2.45, 2.75) is 19.4 Å². The van der Waals surface area contributed by atoms with Gasteiger partial charge in [-0.2, -0.15) is 0 Å². The minimum absolute atomic E-state index is 0.161. The predicted molar refractivity (Wildman–Crippen MR) is 95.6 cm³/mol. The number of anilines is 1. The van der Waals surface area contributed by atoms with Crippen molar-refractivity contribution in [3.8, 4) is 0 Å². The summed E-state index contributed by atoms with van der Waals surface area (Å²) in [6.45, 7) is 0.229. The third-order valence-electron chi connectivity index (χ3n) is 3.89. The highest BCUT2D eigenvalue weighted by atomic mass is 35.5. The van der Waals surface area contributed by atoms with Crippen LogP contribution in [0.5, 0.6) is 0 Å². The maximum Gasteiger partial charge on any atom is 0.255 e. The molecule has 128 valence electrons. The van der Waals surface area contributed by atoms with Gasteiger partial charge in [0.2, 0.25) is 11.8 Å². The van der Waals surface area contributed by atoms with Crippen molar-refractivity contribution in [2.75, 3.05) is 5.32 Å². The average molecular weight is 377 g/mol. The molecule has 3 amide bonds. The predicted octanol–water partition coefficient (Wildman–Crippen LogP) is 3.89. The molecule has 0 unspecified atom stereocenters. The summed E-state index contributed by atoms with van der Waals surface area (Å²) in [5.41, 5.74) is 1.78. The molecule has 0 bridgehead atoms. The Hall–Kier alpha value is -2.37. The van der Waals surface area contributed by atoms with Crippen LogP contribution in [0.1, 0.15) is 28.8 Å². The summed E-state index contributed by atoms with van der Waals surface area (Å²) in [6.07, 6.45) is 0.534. The van der Waals surface area contributed by atoms with Crippen molar-refractivity contribution in [3.63, 3.8) is 0 Å². The first kappa shape index (κ1) is 17.5. The van der Waals surface area contributed by atoms with Gasteiger partial charge in [-0.1, -0.05) is 35.3 Å². The Balaban J connectivity index is 1.67. The standard InChI is InChI=1S/C18H14Cl2N2O3/c19-14-6-5-13(9-15(14)20)21-18(25)12-3-1-11(2-4-12)10-22-16(23)7-8-17(22)24/h1-6,9H,7-8,10H2,(H,21,25). The van der Waals surface area contributed by atoms with Gasteiger partial charge in [-0.25, -0.2) is 0 Å². The van der Waals surface area contributed by atoms with E-state index in [-0.39, 0.29) is 37.1 Å². The van der Waals surface area contributed by atoms with E-state index < -0.39 is 0 Å². The molecule has 1 N–H and O–H groups in total. The maximum absolute atomic E-state index is 12.3. The highest BCUT2D eigenvalue weighted by Gasteiger charge is 2.28. The molecule has 2 aromatic rings. The number of imide groups is 1. The molecular formula is C18H14Cl2N2O3. The molecule has 0 radical (unpaired) electrons. The van der Waals surface area contributed by atoms with E-state index in [0.29, 0.717) is 21.3 Å². The highest BCUT2D eigenvalue weighted by Crippen LogP contribution is 2.25. The van der Waals surface area contributed by atoms with Crippen LogP contribution in [0.25, 0.3) is 0 Å². The molecule has 1 fully saturated rings. The molecule has 2 aromatic carbocycles. The first-order valence-electron chi connectivity index (χ1n) is 7.62. The van der Waals surface area contributed by atoms with E-state index in [0.717, 1.165) is 5.56 Å². The van der Waals surface area contributed by atoms with Crippen LogP contribution in [0.3, 0.4) is 0 Å². The van der Waals surface area contributed by atoms with Crippen LogP contribution in [-0.4, -0.2) is 22.6 Å². The van der Waals surface area contributed by atoms with E-state index in [1.54, 1.807) is 42.5 Å². The SMILES string of the molecule is O=C(Nc1ccc(Cl)c(Cl)c1)c1ccc(CN2C(=O)CCC2=O)cc1. The van der Waals surface area contributed by atoms with Gasteiger partial charge in [-0.3, -0.25) is 19.3 Å². The summed E-state index contributed by atoms with van der Waals surface area (Å²) in [7, 11) is 0. The molecule has 0 aromatic heterocycles. The molecule has 0 aliphatic carbocycles. The van der Waals surface area contributed by atoms with Crippen molar-refractivity contribution >= 4 is 46.6 Å². The van der Waals surface area contributed by atoms with Crippen LogP contribution in [0.2, 0.25) is 10.0 Å². The molecule has 5 nitrogen and oxygen atoms in total. The fourth-order valence-corrected chi connectivity index (χ4v) is 2.82. The summed E-state index contributed by atoms with van der Waals surface area (Å²) in [5.74, 6) is -0.615. The topological polar surface area (TPSA) is 66.5 Å². The normalized spacial score (nSPS) is 14.1. The fourth-order valence-electron chi connectivity index (χ4n) is 2.52. The minimum Gasteiger partial charge on any atom is -0.322 e. The van der Waals surface area contributed by atoms with Crippen molar-refractivity contribution in [1.82, 2.24) is 4.90 Å². The van der Waals surface area contributed by atoms with Crippen LogP contribution >= 0.6 is 23.2 Å². The van der Waals surface area contributed by atoms with E-state index in [9.17, 15) is 14.4 Å². The van der Waals surface area contributed by atoms with Gasteiger partial charge in [0.15, 0.2) is 0 Å². The van der Waals surface area contributed by atoms with Crippen LogP contribution in [-0.2, 0) is 16.1 Å². The Bertz CT molecular complexity index is 834. The van der Waals surface area contributed by atoms with E-state index in [2.05, 4.69) is 5.32 Å². The lowest BCUT2D eigenvalue weighted by Crippen LogP contribution is -2.28. The van der Waals surface area contributed by atoms with Gasteiger partial charge in [0.25, 0.3) is 5.91 Å². The van der Waals surface area contributed by atoms with Gasteiger partial charge in [-0.15, -0.1) is 0 Å². The molecule has 1 heterocycles. The zero-order chi connectivity index (χ0) is 18.0. The summed E-state index contributed by atoms with van der Waals surface area (Å²) < 4.78 is 0. The Morgan fingerprint density at radius 1 is 0.960 bits per heavy atom. The number of nitrogens with one attached hydrogen (secondary N) is 1. The Morgan fingerprint density at radius 3 is 2.20 bits per heavy atom. The number of amides is 3. The van der Waals surface area contributed by atoms with E-state index in [4.69, 9.17) is 23.2 Å². The van der Waals surface area contributed by atoms with Gasteiger partial charge in [0, 0.05) is 24.1 Å². The Labute approximate surface area is 154 Å². The van der Waals surface area contributed by atoms with Crippen molar-refractivity contribution in [2.24, 2.45) is 0 Å². The molecular weight excluding hydrogens is 363 g/mol. The van der Waals surface area contributed by atoms with Crippen LogP contribution < -0.4 is 5.32 Å². The lowest BCUT2D eigenvalue weighted by molar-refractivity contribution is -0.139. The number of halogens is 2. The van der Waals surface area contributed by atoms with Crippen LogP contribution in [0.4, 0.5) is 5.69 Å². The zero-order valence-corrected chi connectivity index (χ0v) is 14.6. The van der Waals surface area contributed by atoms with E-state index >= 15 is 0 Å². The largest absolute Gasteiger partial charge is 0.322 e. The molecule has 7 heteroatoms. The number of rotatable bonds is 4. The average Bonchev–Trinajstić information content (AvgIpc) is 2.91. The number of carbonyl (C=O) groups excluding carboxylic acids is 3.